The van der Waals surface area contributed by atoms with E-state index in [0.717, 1.165) is 5.56 Å². The highest BCUT2D eigenvalue weighted by Crippen LogP contribution is 2.18. The van der Waals surface area contributed by atoms with Crippen molar-refractivity contribution >= 4 is 16.6 Å². The summed E-state index contributed by atoms with van der Waals surface area (Å²) in [5, 5.41) is -0.412. The van der Waals surface area contributed by atoms with Gasteiger partial charge < -0.3 is 0 Å². The maximum Gasteiger partial charge on any atom is 0.178 e. The molecule has 0 aliphatic carbocycles. The van der Waals surface area contributed by atoms with Gasteiger partial charge in [0.1, 0.15) is 0 Å². The third kappa shape index (κ3) is 3.75. The molecular weight excluding hydrogens is 256 g/mol. The van der Waals surface area contributed by atoms with E-state index in [2.05, 4.69) is 0 Å². The van der Waals surface area contributed by atoms with Gasteiger partial charge in [0.05, 0.1) is 5.25 Å². The van der Waals surface area contributed by atoms with Crippen molar-refractivity contribution in [3.05, 3.63) is 34.9 Å². The Morgan fingerprint density at radius 3 is 2.11 bits per heavy atom. The number of Topliss-reactive ketones (excluding diaryl/α,β-unsaturated/α-hetero) is 1. The summed E-state index contributed by atoms with van der Waals surface area (Å²) in [4.78, 5) is 12.4. The lowest BCUT2D eigenvalue weighted by Crippen LogP contribution is -2.31. The molecule has 0 amide bonds. The van der Waals surface area contributed by atoms with Crippen LogP contribution in [0.1, 0.15) is 49.2 Å². The maximum absolute atomic E-state index is 12.4. The van der Waals surface area contributed by atoms with Crippen molar-refractivity contribution in [2.45, 2.75) is 52.0 Å². The first-order chi connectivity index (χ1) is 8.75. The molecule has 0 aromatic heterocycles. The molecule has 3 atom stereocenters. The van der Waals surface area contributed by atoms with Crippen LogP contribution in [0.25, 0.3) is 0 Å². The van der Waals surface area contributed by atoms with Gasteiger partial charge in [0.25, 0.3) is 0 Å². The van der Waals surface area contributed by atoms with E-state index in [1.807, 2.05) is 52.8 Å². The second-order valence-electron chi connectivity index (χ2n) is 5.58. The highest BCUT2D eigenvalue weighted by atomic mass is 32.2. The predicted molar refractivity (Wildman–Crippen MR) is 82.2 cm³/mol. The molecule has 0 aliphatic heterocycles. The molecule has 1 aromatic carbocycles. The number of ketones is 1. The lowest BCUT2D eigenvalue weighted by atomic mass is 10.0. The van der Waals surface area contributed by atoms with Crippen LogP contribution in [0.5, 0.6) is 0 Å². The smallest absolute Gasteiger partial charge is 0.178 e. The minimum Gasteiger partial charge on any atom is -0.293 e. The van der Waals surface area contributed by atoms with Crippen LogP contribution in [0.15, 0.2) is 18.2 Å². The van der Waals surface area contributed by atoms with Crippen LogP contribution in [-0.2, 0) is 10.8 Å². The van der Waals surface area contributed by atoms with Gasteiger partial charge in [-0.15, -0.1) is 0 Å². The Bertz CT molecular complexity index is 492. The Labute approximate surface area is 119 Å². The summed E-state index contributed by atoms with van der Waals surface area (Å²) in [5.41, 5.74) is 2.93. The van der Waals surface area contributed by atoms with Crippen molar-refractivity contribution in [2.75, 3.05) is 0 Å². The molecule has 1 aromatic rings. The average molecular weight is 280 g/mol. The summed E-state index contributed by atoms with van der Waals surface area (Å²) in [7, 11) is -1.13. The molecule has 0 saturated heterocycles. The number of hydrogen-bond acceptors (Lipinski definition) is 2. The molecule has 0 heterocycles. The van der Waals surface area contributed by atoms with Gasteiger partial charge in [0, 0.05) is 21.6 Å². The molecule has 0 saturated carbocycles. The minimum atomic E-state index is -1.13. The zero-order valence-corrected chi connectivity index (χ0v) is 13.5. The van der Waals surface area contributed by atoms with Crippen LogP contribution in [-0.4, -0.2) is 20.5 Å². The van der Waals surface area contributed by atoms with Crippen molar-refractivity contribution < 1.29 is 9.00 Å². The van der Waals surface area contributed by atoms with Crippen LogP contribution in [0.2, 0.25) is 0 Å². The van der Waals surface area contributed by atoms with Gasteiger partial charge in [-0.3, -0.25) is 9.00 Å². The molecule has 0 fully saturated rings. The van der Waals surface area contributed by atoms with E-state index in [1.54, 1.807) is 6.92 Å². The topological polar surface area (TPSA) is 34.1 Å². The summed E-state index contributed by atoms with van der Waals surface area (Å²) >= 11 is 0. The van der Waals surface area contributed by atoms with E-state index in [4.69, 9.17) is 0 Å². The van der Waals surface area contributed by atoms with Crippen LogP contribution in [0.3, 0.4) is 0 Å². The number of carbonyl (C=O) groups is 1. The summed E-state index contributed by atoms with van der Waals surface area (Å²) in [6.45, 7) is 11.8. The first-order valence-corrected chi connectivity index (χ1v) is 8.04. The molecular formula is C16H24O2S. The van der Waals surface area contributed by atoms with E-state index in [9.17, 15) is 9.00 Å². The molecule has 1 rings (SSSR count). The number of rotatable bonds is 5. The first kappa shape index (κ1) is 16.1. The van der Waals surface area contributed by atoms with Crippen molar-refractivity contribution in [2.24, 2.45) is 5.92 Å². The third-order valence-corrected chi connectivity index (χ3v) is 6.00. The highest BCUT2D eigenvalue weighted by molar-refractivity contribution is 7.87. The van der Waals surface area contributed by atoms with Crippen LogP contribution >= 0.6 is 0 Å². The second-order valence-corrected chi connectivity index (χ2v) is 7.69. The number of hydrogen-bond donors (Lipinski definition) is 0. The Morgan fingerprint density at radius 1 is 1.05 bits per heavy atom. The normalized spacial score (nSPS) is 16.2. The maximum atomic E-state index is 12.4. The Hall–Kier alpha value is -0.960. The molecule has 2 nitrogen and oxygen atoms in total. The summed E-state index contributed by atoms with van der Waals surface area (Å²) in [6, 6.07) is 5.67. The van der Waals surface area contributed by atoms with E-state index in [0.29, 0.717) is 11.5 Å². The fourth-order valence-corrected chi connectivity index (χ4v) is 3.35. The van der Waals surface area contributed by atoms with Crippen molar-refractivity contribution in [3.8, 4) is 0 Å². The number of aryl methyl sites for hydroxylation is 2. The fraction of sp³-hybridized carbons (Fsp3) is 0.562. The SMILES string of the molecule is Cc1ccc(C(=O)C(C)S(=O)C(C)C(C)C)cc1C. The number of benzene rings is 1. The summed E-state index contributed by atoms with van der Waals surface area (Å²) in [6.07, 6.45) is 0. The van der Waals surface area contributed by atoms with Gasteiger partial charge in [-0.25, -0.2) is 0 Å². The van der Waals surface area contributed by atoms with Crippen molar-refractivity contribution in [1.82, 2.24) is 0 Å². The average Bonchev–Trinajstić information content (AvgIpc) is 2.38. The minimum absolute atomic E-state index is 0.0195. The van der Waals surface area contributed by atoms with E-state index >= 15 is 0 Å². The van der Waals surface area contributed by atoms with Gasteiger partial charge in [0.15, 0.2) is 5.78 Å². The predicted octanol–water partition coefficient (Wildman–Crippen LogP) is 3.67. The standard InChI is InChI=1S/C16H24O2S/c1-10(2)13(5)19(18)14(6)16(17)15-8-7-11(3)12(4)9-15/h7-10,13-14H,1-6H3. The highest BCUT2D eigenvalue weighted by Gasteiger charge is 2.27. The lowest BCUT2D eigenvalue weighted by molar-refractivity contribution is 0.0992. The van der Waals surface area contributed by atoms with E-state index < -0.39 is 16.0 Å². The van der Waals surface area contributed by atoms with E-state index in [1.165, 1.54) is 5.56 Å². The molecule has 3 heteroatoms. The van der Waals surface area contributed by atoms with Gasteiger partial charge in [-0.05, 0) is 43.9 Å². The molecule has 0 N–H and O–H groups in total. The third-order valence-electron chi connectivity index (χ3n) is 3.81. The molecule has 0 radical (unpaired) electrons. The molecule has 0 aliphatic rings. The Morgan fingerprint density at radius 2 is 1.63 bits per heavy atom. The Balaban J connectivity index is 2.93. The summed E-state index contributed by atoms with van der Waals surface area (Å²) in [5.74, 6) is 0.296. The van der Waals surface area contributed by atoms with Crippen LogP contribution in [0, 0.1) is 19.8 Å². The first-order valence-electron chi connectivity index (χ1n) is 6.76. The largest absolute Gasteiger partial charge is 0.293 e. The number of carbonyl (C=O) groups excluding carboxylic acids is 1. The molecule has 106 valence electrons. The zero-order chi connectivity index (χ0) is 14.7. The van der Waals surface area contributed by atoms with Crippen LogP contribution in [0.4, 0.5) is 0 Å². The van der Waals surface area contributed by atoms with Crippen molar-refractivity contribution in [3.63, 3.8) is 0 Å². The van der Waals surface area contributed by atoms with Gasteiger partial charge in [0.2, 0.25) is 0 Å². The monoisotopic (exact) mass is 280 g/mol. The Kier molecular flexibility index (Phi) is 5.48. The van der Waals surface area contributed by atoms with E-state index in [-0.39, 0.29) is 11.0 Å². The van der Waals surface area contributed by atoms with Gasteiger partial charge >= 0.3 is 0 Å². The quantitative estimate of drug-likeness (QED) is 0.771. The van der Waals surface area contributed by atoms with Gasteiger partial charge in [-0.1, -0.05) is 32.9 Å². The molecule has 0 bridgehead atoms. The fourth-order valence-electron chi connectivity index (χ4n) is 1.83. The van der Waals surface area contributed by atoms with Gasteiger partial charge in [-0.2, -0.15) is 0 Å². The molecule has 19 heavy (non-hydrogen) atoms. The van der Waals surface area contributed by atoms with Crippen LogP contribution < -0.4 is 0 Å². The van der Waals surface area contributed by atoms with Crippen molar-refractivity contribution in [1.29, 1.82) is 0 Å². The molecule has 3 unspecified atom stereocenters. The molecule has 0 spiro atoms. The second kappa shape index (κ2) is 6.47. The summed E-state index contributed by atoms with van der Waals surface area (Å²) < 4.78 is 12.3. The lowest BCUT2D eigenvalue weighted by Gasteiger charge is -2.19. The zero-order valence-electron chi connectivity index (χ0n) is 12.7.